The number of aliphatic imine (C=N–C) groups is 2. The number of furan rings is 1. The number of nitrogens with zero attached hydrogens (tertiary/aromatic N) is 2. The maximum absolute atomic E-state index is 5.94. The highest BCUT2D eigenvalue weighted by Crippen LogP contribution is 2.19. The molecule has 0 spiro atoms. The van der Waals surface area contributed by atoms with Gasteiger partial charge in [-0.25, -0.2) is 9.98 Å². The minimum Gasteiger partial charge on any atom is -0.454 e. The van der Waals surface area contributed by atoms with Crippen LogP contribution in [0.15, 0.2) is 75.1 Å². The molecule has 3 rings (SSSR count). The molecule has 1 aromatic heterocycles. The average molecular weight is 330 g/mol. The van der Waals surface area contributed by atoms with Gasteiger partial charge in [-0.15, -0.1) is 0 Å². The van der Waals surface area contributed by atoms with Crippen LogP contribution in [-0.4, -0.2) is 11.4 Å². The summed E-state index contributed by atoms with van der Waals surface area (Å²) in [5, 5.41) is 0. The fourth-order valence-electron chi connectivity index (χ4n) is 2.46. The van der Waals surface area contributed by atoms with Crippen LogP contribution in [0.2, 0.25) is 0 Å². The first-order valence-corrected chi connectivity index (χ1v) is 8.36. The van der Waals surface area contributed by atoms with Crippen molar-refractivity contribution < 1.29 is 4.42 Å². The molecule has 0 fully saturated rings. The van der Waals surface area contributed by atoms with Gasteiger partial charge in [0.1, 0.15) is 11.5 Å². The summed E-state index contributed by atoms with van der Waals surface area (Å²) in [5.74, 6) is 1.52. The summed E-state index contributed by atoms with van der Waals surface area (Å²) in [6, 6.07) is 20.1. The average Bonchev–Trinajstić information content (AvgIpc) is 3.09. The van der Waals surface area contributed by atoms with Crippen molar-refractivity contribution in [3.63, 3.8) is 0 Å². The first-order chi connectivity index (χ1) is 12.0. The molecule has 0 atom stereocenters. The number of hydrogen-bond donors (Lipinski definition) is 0. The molecule has 2 aromatic carbocycles. The van der Waals surface area contributed by atoms with E-state index < -0.39 is 0 Å². The molecule has 0 aliphatic heterocycles. The number of aryl methyl sites for hydroxylation is 2. The summed E-state index contributed by atoms with van der Waals surface area (Å²) < 4.78 is 5.94. The van der Waals surface area contributed by atoms with Crippen molar-refractivity contribution in [2.45, 2.75) is 27.7 Å². The fourth-order valence-corrected chi connectivity index (χ4v) is 2.46. The van der Waals surface area contributed by atoms with E-state index in [0.29, 0.717) is 0 Å². The third-order valence-electron chi connectivity index (χ3n) is 3.98. The Morgan fingerprint density at radius 1 is 0.600 bits per heavy atom. The van der Waals surface area contributed by atoms with Gasteiger partial charge in [0, 0.05) is 0 Å². The zero-order chi connectivity index (χ0) is 17.8. The molecule has 0 saturated carbocycles. The Morgan fingerprint density at radius 3 is 1.32 bits per heavy atom. The molecule has 0 amide bonds. The van der Waals surface area contributed by atoms with Gasteiger partial charge in [0.2, 0.25) is 0 Å². The van der Waals surface area contributed by atoms with E-state index in [1.807, 2.05) is 50.2 Å². The van der Waals surface area contributed by atoms with Crippen LogP contribution in [0, 0.1) is 13.8 Å². The van der Waals surface area contributed by atoms with Crippen molar-refractivity contribution in [2.75, 3.05) is 0 Å². The lowest BCUT2D eigenvalue weighted by atomic mass is 10.2. The van der Waals surface area contributed by atoms with E-state index in [2.05, 4.69) is 48.1 Å². The smallest absolute Gasteiger partial charge is 0.148 e. The molecule has 3 heteroatoms. The largest absolute Gasteiger partial charge is 0.454 e. The van der Waals surface area contributed by atoms with Gasteiger partial charge in [0.15, 0.2) is 0 Å². The Bertz CT molecular complexity index is 837. The lowest BCUT2D eigenvalue weighted by Crippen LogP contribution is -1.93. The monoisotopic (exact) mass is 330 g/mol. The second-order valence-corrected chi connectivity index (χ2v) is 6.23. The third-order valence-corrected chi connectivity index (χ3v) is 3.98. The van der Waals surface area contributed by atoms with E-state index in [1.54, 1.807) is 0 Å². The van der Waals surface area contributed by atoms with Gasteiger partial charge in [0.25, 0.3) is 0 Å². The first-order valence-electron chi connectivity index (χ1n) is 8.36. The Hall–Kier alpha value is -2.94. The normalized spacial score (nSPS) is 12.5. The van der Waals surface area contributed by atoms with Gasteiger partial charge >= 0.3 is 0 Å². The number of benzene rings is 2. The maximum Gasteiger partial charge on any atom is 0.148 e. The van der Waals surface area contributed by atoms with Gasteiger partial charge in [-0.1, -0.05) is 35.4 Å². The summed E-state index contributed by atoms with van der Waals surface area (Å²) in [6.45, 7) is 8.04. The fraction of sp³-hybridized carbons (Fsp3) is 0.182. The molecular formula is C22H22N2O. The van der Waals surface area contributed by atoms with E-state index in [0.717, 1.165) is 34.3 Å². The van der Waals surface area contributed by atoms with Crippen molar-refractivity contribution in [1.29, 1.82) is 0 Å². The van der Waals surface area contributed by atoms with Crippen LogP contribution in [0.1, 0.15) is 36.5 Å². The lowest BCUT2D eigenvalue weighted by molar-refractivity contribution is 0.548. The molecule has 0 unspecified atom stereocenters. The highest BCUT2D eigenvalue weighted by atomic mass is 16.3. The Balaban J connectivity index is 1.81. The standard InChI is InChI=1S/C22H22N2O/c1-15-5-9-19(10-6-15)23-17(3)21-13-14-22(25-21)18(4)24-20-11-7-16(2)8-12-20/h5-14H,1-4H3. The second-order valence-electron chi connectivity index (χ2n) is 6.23. The molecule has 3 aromatic rings. The molecule has 0 bridgehead atoms. The van der Waals surface area contributed by atoms with E-state index in [-0.39, 0.29) is 0 Å². The molecular weight excluding hydrogens is 308 g/mol. The van der Waals surface area contributed by atoms with Crippen molar-refractivity contribution in [2.24, 2.45) is 9.98 Å². The summed E-state index contributed by atoms with van der Waals surface area (Å²) >= 11 is 0. The van der Waals surface area contributed by atoms with E-state index in [4.69, 9.17) is 4.42 Å². The predicted molar refractivity (Wildman–Crippen MR) is 105 cm³/mol. The van der Waals surface area contributed by atoms with Gasteiger partial charge in [-0.3, -0.25) is 0 Å². The minimum absolute atomic E-state index is 0.758. The van der Waals surface area contributed by atoms with Gasteiger partial charge in [-0.05, 0) is 64.1 Å². The van der Waals surface area contributed by atoms with Crippen LogP contribution in [0.25, 0.3) is 0 Å². The topological polar surface area (TPSA) is 37.9 Å². The Morgan fingerprint density at radius 2 is 0.960 bits per heavy atom. The lowest BCUT2D eigenvalue weighted by Gasteiger charge is -2.00. The zero-order valence-electron chi connectivity index (χ0n) is 15.1. The molecule has 0 radical (unpaired) electrons. The van der Waals surface area contributed by atoms with Crippen molar-refractivity contribution in [3.05, 3.63) is 83.3 Å². The SMILES string of the molecule is CC(=Nc1ccc(C)cc1)c1ccc(C(C)=Nc2ccc(C)cc2)o1. The van der Waals surface area contributed by atoms with Crippen LogP contribution in [0.3, 0.4) is 0 Å². The van der Waals surface area contributed by atoms with Crippen LogP contribution in [0.5, 0.6) is 0 Å². The quantitative estimate of drug-likeness (QED) is 0.526. The summed E-state index contributed by atoms with van der Waals surface area (Å²) in [5.41, 5.74) is 5.98. The second kappa shape index (κ2) is 7.31. The van der Waals surface area contributed by atoms with Crippen molar-refractivity contribution >= 4 is 22.8 Å². The number of rotatable bonds is 4. The highest BCUT2D eigenvalue weighted by Gasteiger charge is 2.08. The van der Waals surface area contributed by atoms with E-state index in [1.165, 1.54) is 11.1 Å². The molecule has 126 valence electrons. The van der Waals surface area contributed by atoms with Crippen LogP contribution < -0.4 is 0 Å². The molecule has 25 heavy (non-hydrogen) atoms. The molecule has 0 saturated heterocycles. The molecule has 0 N–H and O–H groups in total. The van der Waals surface area contributed by atoms with Gasteiger partial charge in [-0.2, -0.15) is 0 Å². The molecule has 0 aliphatic carbocycles. The molecule has 3 nitrogen and oxygen atoms in total. The number of hydrogen-bond acceptors (Lipinski definition) is 3. The maximum atomic E-state index is 5.94. The van der Waals surface area contributed by atoms with Crippen molar-refractivity contribution in [3.8, 4) is 0 Å². The van der Waals surface area contributed by atoms with Crippen LogP contribution in [0.4, 0.5) is 11.4 Å². The van der Waals surface area contributed by atoms with Gasteiger partial charge in [0.05, 0.1) is 22.8 Å². The Labute approximate surface area is 148 Å². The van der Waals surface area contributed by atoms with Crippen LogP contribution >= 0.6 is 0 Å². The molecule has 0 aliphatic rings. The predicted octanol–water partition coefficient (Wildman–Crippen LogP) is 6.18. The van der Waals surface area contributed by atoms with Crippen LogP contribution in [-0.2, 0) is 0 Å². The van der Waals surface area contributed by atoms with E-state index in [9.17, 15) is 0 Å². The third kappa shape index (κ3) is 4.32. The van der Waals surface area contributed by atoms with Crippen molar-refractivity contribution in [1.82, 2.24) is 0 Å². The first kappa shape index (κ1) is 16.9. The highest BCUT2D eigenvalue weighted by molar-refractivity contribution is 6.01. The summed E-state index contributed by atoms with van der Waals surface area (Å²) in [4.78, 5) is 9.24. The molecule has 1 heterocycles. The summed E-state index contributed by atoms with van der Waals surface area (Å²) in [7, 11) is 0. The summed E-state index contributed by atoms with van der Waals surface area (Å²) in [6.07, 6.45) is 0. The zero-order valence-corrected chi connectivity index (χ0v) is 15.1. The minimum atomic E-state index is 0.758. The van der Waals surface area contributed by atoms with Gasteiger partial charge < -0.3 is 4.42 Å². The van der Waals surface area contributed by atoms with E-state index >= 15 is 0 Å². The Kier molecular flexibility index (Phi) is 4.94.